The van der Waals surface area contributed by atoms with E-state index >= 15 is 0 Å². The van der Waals surface area contributed by atoms with Crippen LogP contribution in [0.4, 0.5) is 0 Å². The van der Waals surface area contributed by atoms with Crippen molar-refractivity contribution in [2.24, 2.45) is 0 Å². The lowest BCUT2D eigenvalue weighted by molar-refractivity contribution is 0.0744. The molecular formula is C14H32N2O2. The first-order valence-electron chi connectivity index (χ1n) is 6.93. The SMILES string of the molecule is CCC(C)(C)NCCN(CCOC)C(C)COC. The summed E-state index contributed by atoms with van der Waals surface area (Å²) in [5, 5.41) is 3.59. The molecule has 0 saturated heterocycles. The minimum atomic E-state index is 0.220. The molecule has 0 saturated carbocycles. The summed E-state index contributed by atoms with van der Waals surface area (Å²) in [6, 6.07) is 0.427. The topological polar surface area (TPSA) is 33.7 Å². The van der Waals surface area contributed by atoms with Crippen molar-refractivity contribution in [1.29, 1.82) is 0 Å². The molecule has 1 atom stereocenters. The molecule has 0 amide bonds. The first-order valence-corrected chi connectivity index (χ1v) is 6.93. The lowest BCUT2D eigenvalue weighted by Crippen LogP contribution is -2.46. The summed E-state index contributed by atoms with van der Waals surface area (Å²) >= 11 is 0. The molecule has 4 heteroatoms. The molecule has 0 fully saturated rings. The van der Waals surface area contributed by atoms with Crippen molar-refractivity contribution >= 4 is 0 Å². The molecule has 0 rings (SSSR count). The van der Waals surface area contributed by atoms with Crippen LogP contribution in [0.1, 0.15) is 34.1 Å². The van der Waals surface area contributed by atoms with Gasteiger partial charge in [-0.3, -0.25) is 4.90 Å². The number of nitrogens with zero attached hydrogens (tertiary/aromatic N) is 1. The Hall–Kier alpha value is -0.160. The van der Waals surface area contributed by atoms with E-state index in [4.69, 9.17) is 9.47 Å². The van der Waals surface area contributed by atoms with Crippen LogP contribution in [0.15, 0.2) is 0 Å². The van der Waals surface area contributed by atoms with Crippen LogP contribution in [-0.4, -0.2) is 63.5 Å². The smallest absolute Gasteiger partial charge is 0.0615 e. The van der Waals surface area contributed by atoms with Gasteiger partial charge < -0.3 is 14.8 Å². The van der Waals surface area contributed by atoms with E-state index in [0.717, 1.165) is 39.3 Å². The van der Waals surface area contributed by atoms with E-state index in [9.17, 15) is 0 Å². The average molecular weight is 260 g/mol. The number of ether oxygens (including phenoxy) is 2. The maximum atomic E-state index is 5.23. The van der Waals surface area contributed by atoms with Gasteiger partial charge in [0.25, 0.3) is 0 Å². The van der Waals surface area contributed by atoms with Gasteiger partial charge in [-0.2, -0.15) is 0 Å². The molecular weight excluding hydrogens is 228 g/mol. The van der Waals surface area contributed by atoms with Crippen molar-refractivity contribution < 1.29 is 9.47 Å². The highest BCUT2D eigenvalue weighted by atomic mass is 16.5. The van der Waals surface area contributed by atoms with Crippen LogP contribution in [0.2, 0.25) is 0 Å². The van der Waals surface area contributed by atoms with Gasteiger partial charge in [-0.25, -0.2) is 0 Å². The lowest BCUT2D eigenvalue weighted by atomic mass is 10.0. The summed E-state index contributed by atoms with van der Waals surface area (Å²) in [6.45, 7) is 13.4. The average Bonchev–Trinajstić information content (AvgIpc) is 2.33. The van der Waals surface area contributed by atoms with E-state index in [-0.39, 0.29) is 5.54 Å². The second kappa shape index (κ2) is 9.73. The summed E-state index contributed by atoms with van der Waals surface area (Å²) in [7, 11) is 3.50. The molecule has 1 N–H and O–H groups in total. The zero-order valence-corrected chi connectivity index (χ0v) is 13.1. The molecule has 0 aliphatic carbocycles. The van der Waals surface area contributed by atoms with E-state index in [1.165, 1.54) is 0 Å². The molecule has 0 spiro atoms. The van der Waals surface area contributed by atoms with Crippen molar-refractivity contribution in [2.75, 3.05) is 47.1 Å². The first-order chi connectivity index (χ1) is 8.46. The first kappa shape index (κ1) is 17.8. The van der Waals surface area contributed by atoms with Gasteiger partial charge in [0.1, 0.15) is 0 Å². The predicted octanol–water partition coefficient (Wildman–Crippen LogP) is 1.75. The molecule has 0 aromatic heterocycles. The van der Waals surface area contributed by atoms with Gasteiger partial charge in [-0.1, -0.05) is 6.92 Å². The molecule has 0 aromatic carbocycles. The van der Waals surface area contributed by atoms with Crippen LogP contribution >= 0.6 is 0 Å². The summed E-state index contributed by atoms with van der Waals surface area (Å²) in [5.74, 6) is 0. The number of hydrogen-bond donors (Lipinski definition) is 1. The summed E-state index contributed by atoms with van der Waals surface area (Å²) in [4.78, 5) is 2.41. The normalized spacial score (nSPS) is 14.2. The molecule has 0 radical (unpaired) electrons. The van der Waals surface area contributed by atoms with Gasteiger partial charge in [-0.15, -0.1) is 0 Å². The molecule has 1 unspecified atom stereocenters. The lowest BCUT2D eigenvalue weighted by Gasteiger charge is -2.31. The second-order valence-electron chi connectivity index (χ2n) is 5.50. The van der Waals surface area contributed by atoms with Crippen LogP contribution in [-0.2, 0) is 9.47 Å². The summed E-state index contributed by atoms with van der Waals surface area (Å²) < 4.78 is 10.4. The molecule has 0 heterocycles. The Morgan fingerprint density at radius 2 is 1.83 bits per heavy atom. The molecule has 0 aliphatic heterocycles. The third kappa shape index (κ3) is 8.03. The Morgan fingerprint density at radius 1 is 1.17 bits per heavy atom. The monoisotopic (exact) mass is 260 g/mol. The Bertz CT molecular complexity index is 198. The van der Waals surface area contributed by atoms with Crippen molar-refractivity contribution in [3.05, 3.63) is 0 Å². The number of nitrogens with one attached hydrogen (secondary N) is 1. The van der Waals surface area contributed by atoms with Gasteiger partial charge in [0.15, 0.2) is 0 Å². The standard InChI is InChI=1S/C14H32N2O2/c1-7-14(3,4)15-8-9-16(10-11-17-5)13(2)12-18-6/h13,15H,7-12H2,1-6H3. The number of rotatable bonds is 11. The van der Waals surface area contributed by atoms with Crippen molar-refractivity contribution in [2.45, 2.75) is 45.7 Å². The molecule has 0 aromatic rings. The molecule has 4 nitrogen and oxygen atoms in total. The fourth-order valence-electron chi connectivity index (χ4n) is 1.77. The van der Waals surface area contributed by atoms with E-state index < -0.39 is 0 Å². The molecule has 0 bridgehead atoms. The molecule has 110 valence electrons. The van der Waals surface area contributed by atoms with Gasteiger partial charge in [0.2, 0.25) is 0 Å². The molecule has 18 heavy (non-hydrogen) atoms. The quantitative estimate of drug-likeness (QED) is 0.614. The van der Waals surface area contributed by atoms with Crippen molar-refractivity contribution in [3.63, 3.8) is 0 Å². The third-order valence-electron chi connectivity index (χ3n) is 3.50. The van der Waals surface area contributed by atoms with Crippen LogP contribution in [0.3, 0.4) is 0 Å². The van der Waals surface area contributed by atoms with Crippen molar-refractivity contribution in [3.8, 4) is 0 Å². The van der Waals surface area contributed by atoms with Gasteiger partial charge >= 0.3 is 0 Å². The van der Waals surface area contributed by atoms with Crippen LogP contribution in [0.5, 0.6) is 0 Å². The van der Waals surface area contributed by atoms with Crippen LogP contribution < -0.4 is 5.32 Å². The number of methoxy groups -OCH3 is 2. The third-order valence-corrected chi connectivity index (χ3v) is 3.50. The Balaban J connectivity index is 4.07. The Kier molecular flexibility index (Phi) is 9.64. The zero-order valence-electron chi connectivity index (χ0n) is 13.1. The fraction of sp³-hybridized carbons (Fsp3) is 1.00. The second-order valence-corrected chi connectivity index (χ2v) is 5.50. The minimum Gasteiger partial charge on any atom is -0.383 e. The molecule has 0 aliphatic rings. The van der Waals surface area contributed by atoms with Crippen LogP contribution in [0.25, 0.3) is 0 Å². The highest BCUT2D eigenvalue weighted by Crippen LogP contribution is 2.06. The Labute approximate surface area is 113 Å². The maximum Gasteiger partial charge on any atom is 0.0615 e. The van der Waals surface area contributed by atoms with E-state index in [1.54, 1.807) is 14.2 Å². The van der Waals surface area contributed by atoms with Crippen LogP contribution in [0, 0.1) is 0 Å². The van der Waals surface area contributed by atoms with Gasteiger partial charge in [0, 0.05) is 45.4 Å². The summed E-state index contributed by atoms with van der Waals surface area (Å²) in [5.41, 5.74) is 0.220. The van der Waals surface area contributed by atoms with E-state index in [2.05, 4.69) is 37.9 Å². The maximum absolute atomic E-state index is 5.23. The Morgan fingerprint density at radius 3 is 2.33 bits per heavy atom. The minimum absolute atomic E-state index is 0.220. The van der Waals surface area contributed by atoms with Gasteiger partial charge in [0.05, 0.1) is 13.2 Å². The van der Waals surface area contributed by atoms with Gasteiger partial charge in [-0.05, 0) is 27.2 Å². The number of hydrogen-bond acceptors (Lipinski definition) is 4. The van der Waals surface area contributed by atoms with E-state index in [1.807, 2.05) is 0 Å². The predicted molar refractivity (Wildman–Crippen MR) is 77.2 cm³/mol. The highest BCUT2D eigenvalue weighted by molar-refractivity contribution is 4.76. The summed E-state index contributed by atoms with van der Waals surface area (Å²) in [6.07, 6.45) is 1.14. The highest BCUT2D eigenvalue weighted by Gasteiger charge is 2.16. The zero-order chi connectivity index (χ0) is 14.0. The van der Waals surface area contributed by atoms with Crippen molar-refractivity contribution in [1.82, 2.24) is 10.2 Å². The largest absolute Gasteiger partial charge is 0.383 e. The fourth-order valence-corrected chi connectivity index (χ4v) is 1.77. The van der Waals surface area contributed by atoms with E-state index in [0.29, 0.717) is 6.04 Å².